The van der Waals surface area contributed by atoms with Gasteiger partial charge in [0.25, 0.3) is 5.91 Å². The first kappa shape index (κ1) is 20.1. The van der Waals surface area contributed by atoms with Gasteiger partial charge in [-0.15, -0.1) is 0 Å². The summed E-state index contributed by atoms with van der Waals surface area (Å²) in [6, 6.07) is 11.7. The zero-order valence-corrected chi connectivity index (χ0v) is 17.8. The molecule has 5 rings (SSSR count). The van der Waals surface area contributed by atoms with Crippen LogP contribution in [-0.4, -0.2) is 43.8 Å². The number of amides is 1. The van der Waals surface area contributed by atoms with E-state index in [1.54, 1.807) is 25.7 Å². The van der Waals surface area contributed by atoms with E-state index in [4.69, 9.17) is 4.74 Å². The molecule has 1 aromatic carbocycles. The predicted molar refractivity (Wildman–Crippen MR) is 120 cm³/mol. The second kappa shape index (κ2) is 8.74. The average molecular weight is 428 g/mol. The number of methoxy groups -OCH3 is 1. The van der Waals surface area contributed by atoms with Crippen LogP contribution >= 0.6 is 0 Å². The Bertz CT molecular complexity index is 1230. The van der Waals surface area contributed by atoms with Crippen LogP contribution in [0.4, 0.5) is 0 Å². The number of hydrogen-bond acceptors (Lipinski definition) is 6. The fourth-order valence-corrected chi connectivity index (χ4v) is 4.30. The fourth-order valence-electron chi connectivity index (χ4n) is 4.30. The molecule has 8 heteroatoms. The molecule has 0 aliphatic heterocycles. The van der Waals surface area contributed by atoms with E-state index in [2.05, 4.69) is 25.4 Å². The number of nitrogens with zero attached hydrogens (tertiary/aromatic N) is 5. The molecule has 1 fully saturated rings. The van der Waals surface area contributed by atoms with Gasteiger partial charge < -0.3 is 10.1 Å². The van der Waals surface area contributed by atoms with Crippen LogP contribution in [0, 0.1) is 0 Å². The molecule has 0 saturated heterocycles. The predicted octanol–water partition coefficient (Wildman–Crippen LogP) is 3.81. The summed E-state index contributed by atoms with van der Waals surface area (Å²) in [6.07, 6.45) is 10.8. The molecular weight excluding hydrogens is 404 g/mol. The first-order chi connectivity index (χ1) is 15.7. The highest BCUT2D eigenvalue weighted by Crippen LogP contribution is 2.30. The molecule has 3 aromatic heterocycles. The van der Waals surface area contributed by atoms with Gasteiger partial charge in [0.1, 0.15) is 17.8 Å². The number of ether oxygens (including phenoxy) is 1. The third-order valence-electron chi connectivity index (χ3n) is 6.02. The van der Waals surface area contributed by atoms with Gasteiger partial charge in [-0.2, -0.15) is 5.10 Å². The Kier molecular flexibility index (Phi) is 5.49. The van der Waals surface area contributed by atoms with Crippen molar-refractivity contribution in [2.75, 3.05) is 7.11 Å². The number of carbonyl (C=O) groups excluding carboxylic acids is 1. The molecule has 1 aliphatic rings. The summed E-state index contributed by atoms with van der Waals surface area (Å²) in [4.78, 5) is 25.7. The molecule has 3 heterocycles. The number of aromatic nitrogens is 5. The van der Waals surface area contributed by atoms with Crippen LogP contribution in [-0.2, 0) is 0 Å². The molecule has 1 N–H and O–H groups in total. The Morgan fingerprint density at radius 3 is 2.78 bits per heavy atom. The molecule has 0 spiro atoms. The minimum absolute atomic E-state index is 0.120. The largest absolute Gasteiger partial charge is 0.496 e. The third-order valence-corrected chi connectivity index (χ3v) is 6.02. The quantitative estimate of drug-likeness (QED) is 0.519. The fraction of sp³-hybridized carbons (Fsp3) is 0.292. The van der Waals surface area contributed by atoms with E-state index in [0.717, 1.165) is 47.8 Å². The van der Waals surface area contributed by atoms with Crippen LogP contribution in [0.5, 0.6) is 5.75 Å². The molecule has 1 amide bonds. The molecule has 1 aliphatic carbocycles. The van der Waals surface area contributed by atoms with Crippen LogP contribution < -0.4 is 10.1 Å². The van der Waals surface area contributed by atoms with E-state index in [1.807, 2.05) is 47.4 Å². The summed E-state index contributed by atoms with van der Waals surface area (Å²) >= 11 is 0. The lowest BCUT2D eigenvalue weighted by atomic mass is 9.91. The number of para-hydroxylation sites is 1. The van der Waals surface area contributed by atoms with Crippen molar-refractivity contribution in [3.05, 3.63) is 67.0 Å². The van der Waals surface area contributed by atoms with Crippen molar-refractivity contribution in [3.8, 4) is 17.0 Å². The lowest BCUT2D eigenvalue weighted by Gasteiger charge is -2.29. The number of rotatable bonds is 5. The number of pyridine rings is 1. The lowest BCUT2D eigenvalue weighted by Crippen LogP contribution is -2.38. The molecule has 0 radical (unpaired) electrons. The van der Waals surface area contributed by atoms with E-state index in [9.17, 15) is 4.79 Å². The van der Waals surface area contributed by atoms with Gasteiger partial charge in [-0.3, -0.25) is 9.48 Å². The number of benzene rings is 1. The van der Waals surface area contributed by atoms with E-state index in [0.29, 0.717) is 17.5 Å². The molecule has 0 unspecified atom stereocenters. The summed E-state index contributed by atoms with van der Waals surface area (Å²) < 4.78 is 7.49. The summed E-state index contributed by atoms with van der Waals surface area (Å²) in [5.74, 6) is 0.491. The molecule has 162 valence electrons. The Balaban J connectivity index is 1.22. The van der Waals surface area contributed by atoms with Crippen molar-refractivity contribution < 1.29 is 9.53 Å². The Hall–Kier alpha value is -3.81. The maximum atomic E-state index is 12.9. The van der Waals surface area contributed by atoms with Gasteiger partial charge in [0.2, 0.25) is 0 Å². The zero-order valence-electron chi connectivity index (χ0n) is 17.8. The van der Waals surface area contributed by atoms with E-state index in [1.165, 1.54) is 0 Å². The molecule has 0 bridgehead atoms. The third kappa shape index (κ3) is 4.03. The highest BCUT2D eigenvalue weighted by molar-refractivity contribution is 5.97. The van der Waals surface area contributed by atoms with Crippen molar-refractivity contribution in [2.45, 2.75) is 37.8 Å². The van der Waals surface area contributed by atoms with Crippen LogP contribution in [0.15, 0.2) is 61.3 Å². The van der Waals surface area contributed by atoms with Gasteiger partial charge in [0, 0.05) is 35.5 Å². The van der Waals surface area contributed by atoms with Crippen LogP contribution in [0.25, 0.3) is 22.2 Å². The van der Waals surface area contributed by atoms with E-state index < -0.39 is 0 Å². The summed E-state index contributed by atoms with van der Waals surface area (Å²) in [5, 5.41) is 8.59. The topological polar surface area (TPSA) is 94.8 Å². The number of nitrogens with one attached hydrogen (secondary N) is 1. The van der Waals surface area contributed by atoms with Crippen LogP contribution in [0.3, 0.4) is 0 Å². The van der Waals surface area contributed by atoms with Crippen molar-refractivity contribution >= 4 is 16.8 Å². The van der Waals surface area contributed by atoms with E-state index in [-0.39, 0.29) is 11.9 Å². The first-order valence-electron chi connectivity index (χ1n) is 10.8. The maximum absolute atomic E-state index is 12.9. The number of carbonyl (C=O) groups is 1. The standard InChI is InChI=1S/C24H24N6O2/c1-32-23-12-22(29-21-5-3-2-4-19(21)23)24(31)28-17-6-8-18(9-7-17)30-14-16(13-27-30)20-10-11-25-15-26-20/h2-5,10-15,17-18H,6-9H2,1H3,(H,28,31). The highest BCUT2D eigenvalue weighted by Gasteiger charge is 2.25. The van der Waals surface area contributed by atoms with Gasteiger partial charge in [0.05, 0.1) is 30.6 Å². The monoisotopic (exact) mass is 428 g/mol. The minimum atomic E-state index is -0.164. The average Bonchev–Trinajstić information content (AvgIpc) is 3.35. The van der Waals surface area contributed by atoms with Crippen molar-refractivity contribution in [2.24, 2.45) is 0 Å². The zero-order chi connectivity index (χ0) is 21.9. The van der Waals surface area contributed by atoms with Crippen LogP contribution in [0.1, 0.15) is 42.2 Å². The Morgan fingerprint density at radius 2 is 2.00 bits per heavy atom. The normalized spacial score (nSPS) is 18.4. The van der Waals surface area contributed by atoms with Crippen molar-refractivity contribution in [1.82, 2.24) is 30.0 Å². The van der Waals surface area contributed by atoms with Gasteiger partial charge in [-0.05, 0) is 43.9 Å². The van der Waals surface area contributed by atoms with E-state index >= 15 is 0 Å². The van der Waals surface area contributed by atoms with Gasteiger partial charge in [-0.25, -0.2) is 15.0 Å². The summed E-state index contributed by atoms with van der Waals surface area (Å²) in [6.45, 7) is 0. The second-order valence-corrected chi connectivity index (χ2v) is 8.01. The lowest BCUT2D eigenvalue weighted by molar-refractivity contribution is 0.0916. The van der Waals surface area contributed by atoms with Crippen molar-refractivity contribution in [3.63, 3.8) is 0 Å². The van der Waals surface area contributed by atoms with Gasteiger partial charge in [0.15, 0.2) is 0 Å². The number of hydrogen-bond donors (Lipinski definition) is 1. The maximum Gasteiger partial charge on any atom is 0.270 e. The smallest absolute Gasteiger partial charge is 0.270 e. The first-order valence-corrected chi connectivity index (χ1v) is 10.8. The van der Waals surface area contributed by atoms with Gasteiger partial charge >= 0.3 is 0 Å². The number of fused-ring (bicyclic) bond motifs is 1. The SMILES string of the molecule is COc1cc(C(=O)NC2CCC(n3cc(-c4ccncn4)cn3)CC2)nc2ccccc12. The Morgan fingerprint density at radius 1 is 1.16 bits per heavy atom. The molecule has 4 aromatic rings. The van der Waals surface area contributed by atoms with Gasteiger partial charge in [-0.1, -0.05) is 12.1 Å². The molecule has 1 saturated carbocycles. The second-order valence-electron chi connectivity index (χ2n) is 8.01. The van der Waals surface area contributed by atoms with Crippen LogP contribution in [0.2, 0.25) is 0 Å². The molecule has 32 heavy (non-hydrogen) atoms. The summed E-state index contributed by atoms with van der Waals surface area (Å²) in [7, 11) is 1.61. The molecule has 0 atom stereocenters. The van der Waals surface area contributed by atoms with Crippen molar-refractivity contribution in [1.29, 1.82) is 0 Å². The Labute approximate surface area is 185 Å². The molecular formula is C24H24N6O2. The summed E-state index contributed by atoms with van der Waals surface area (Å²) in [5.41, 5.74) is 2.98. The highest BCUT2D eigenvalue weighted by atomic mass is 16.5. The molecule has 8 nitrogen and oxygen atoms in total. The minimum Gasteiger partial charge on any atom is -0.496 e.